The van der Waals surface area contributed by atoms with Crippen LogP contribution in [0, 0.1) is 6.92 Å². The number of hydrogen-bond donors (Lipinski definition) is 1. The minimum Gasteiger partial charge on any atom is -0.376 e. The summed E-state index contributed by atoms with van der Waals surface area (Å²) < 4.78 is 0. The highest BCUT2D eigenvalue weighted by Crippen LogP contribution is 2.29. The van der Waals surface area contributed by atoms with Gasteiger partial charge in [-0.05, 0) is 30.4 Å². The lowest BCUT2D eigenvalue weighted by atomic mass is 10.2. The molecule has 0 saturated carbocycles. The molecular formula is C16H16Cl2NOP. The molecule has 2 rings (SSSR count). The largest absolute Gasteiger partial charge is 0.376 e. The smallest absolute Gasteiger partial charge is 0.106 e. The van der Waals surface area contributed by atoms with Gasteiger partial charge in [0, 0.05) is 0 Å². The SMILES string of the molecule is C=O.Cc1cccc(C=PCNc2cccc(Cl)c2Cl)c1. The summed E-state index contributed by atoms with van der Waals surface area (Å²) in [5.74, 6) is 2.18. The van der Waals surface area contributed by atoms with E-state index < -0.39 is 0 Å². The molecule has 0 saturated heterocycles. The lowest BCUT2D eigenvalue weighted by Gasteiger charge is -2.06. The minimum atomic E-state index is 0.575. The first-order valence-electron chi connectivity index (χ1n) is 6.20. The van der Waals surface area contributed by atoms with E-state index in [0.29, 0.717) is 10.0 Å². The maximum absolute atomic E-state index is 8.00. The van der Waals surface area contributed by atoms with Crippen LogP contribution in [0.3, 0.4) is 0 Å². The predicted molar refractivity (Wildman–Crippen MR) is 95.3 cm³/mol. The molecule has 0 unspecified atom stereocenters. The van der Waals surface area contributed by atoms with E-state index in [2.05, 4.69) is 42.3 Å². The Kier molecular flexibility index (Phi) is 8.07. The second-order valence-corrected chi connectivity index (χ2v) is 5.89. The number of nitrogens with one attached hydrogen (secondary N) is 1. The fraction of sp³-hybridized carbons (Fsp3) is 0.125. The van der Waals surface area contributed by atoms with Crippen molar-refractivity contribution in [3.05, 3.63) is 63.6 Å². The van der Waals surface area contributed by atoms with Crippen LogP contribution >= 0.6 is 31.4 Å². The molecule has 0 aromatic heterocycles. The average molecular weight is 340 g/mol. The number of hydrogen-bond acceptors (Lipinski definition) is 2. The molecule has 0 radical (unpaired) electrons. The Morgan fingerprint density at radius 2 is 1.90 bits per heavy atom. The van der Waals surface area contributed by atoms with Gasteiger partial charge in [-0.1, -0.05) is 67.3 Å². The third-order valence-corrected chi connectivity index (χ3v) is 4.24. The van der Waals surface area contributed by atoms with Crippen LogP contribution in [-0.4, -0.2) is 18.9 Å². The molecule has 0 aliphatic rings. The first-order valence-corrected chi connectivity index (χ1v) is 8.10. The van der Waals surface area contributed by atoms with Gasteiger partial charge in [-0.15, -0.1) is 0 Å². The number of benzene rings is 2. The van der Waals surface area contributed by atoms with Crippen LogP contribution in [0.15, 0.2) is 42.5 Å². The van der Waals surface area contributed by atoms with Crippen molar-refractivity contribution >= 4 is 49.7 Å². The summed E-state index contributed by atoms with van der Waals surface area (Å²) >= 11 is 12.1. The molecule has 0 bridgehead atoms. The molecule has 0 heterocycles. The quantitative estimate of drug-likeness (QED) is 0.767. The highest BCUT2D eigenvalue weighted by Gasteiger charge is 2.01. The molecule has 2 aromatic carbocycles. The fourth-order valence-electron chi connectivity index (χ4n) is 1.67. The van der Waals surface area contributed by atoms with Crippen molar-refractivity contribution in [1.82, 2.24) is 0 Å². The van der Waals surface area contributed by atoms with Crippen molar-refractivity contribution in [2.75, 3.05) is 11.6 Å². The van der Waals surface area contributed by atoms with Crippen LogP contribution < -0.4 is 5.32 Å². The van der Waals surface area contributed by atoms with Crippen molar-refractivity contribution in [3.63, 3.8) is 0 Å². The second-order valence-electron chi connectivity index (χ2n) is 4.16. The van der Waals surface area contributed by atoms with Gasteiger partial charge in [-0.25, -0.2) is 0 Å². The zero-order valence-electron chi connectivity index (χ0n) is 11.6. The number of aryl methyl sites for hydroxylation is 1. The highest BCUT2D eigenvalue weighted by atomic mass is 35.5. The number of carbonyl (C=O) groups excluding carboxylic acids is 1. The van der Waals surface area contributed by atoms with E-state index in [1.807, 2.05) is 18.9 Å². The van der Waals surface area contributed by atoms with Gasteiger partial charge in [-0.2, -0.15) is 0 Å². The van der Waals surface area contributed by atoms with E-state index in [1.165, 1.54) is 19.3 Å². The van der Waals surface area contributed by atoms with Crippen LogP contribution in [0.4, 0.5) is 5.69 Å². The summed E-state index contributed by atoms with van der Waals surface area (Å²) in [4.78, 5) is 8.00. The molecule has 5 heteroatoms. The molecule has 110 valence electrons. The second kappa shape index (κ2) is 9.57. The first-order chi connectivity index (χ1) is 10.2. The predicted octanol–water partition coefficient (Wildman–Crippen LogP) is 5.28. The molecule has 0 fully saturated rings. The van der Waals surface area contributed by atoms with Gasteiger partial charge in [0.25, 0.3) is 0 Å². The Bertz CT molecular complexity index is 617. The summed E-state index contributed by atoms with van der Waals surface area (Å²) in [5, 5.41) is 4.43. The van der Waals surface area contributed by atoms with Gasteiger partial charge in [0.1, 0.15) is 6.79 Å². The molecule has 0 amide bonds. The van der Waals surface area contributed by atoms with E-state index in [9.17, 15) is 0 Å². The maximum atomic E-state index is 8.00. The van der Waals surface area contributed by atoms with Gasteiger partial charge < -0.3 is 10.1 Å². The van der Waals surface area contributed by atoms with Gasteiger partial charge in [-0.3, -0.25) is 0 Å². The van der Waals surface area contributed by atoms with Crippen molar-refractivity contribution in [3.8, 4) is 0 Å². The molecule has 0 spiro atoms. The number of rotatable bonds is 4. The summed E-state index contributed by atoms with van der Waals surface area (Å²) in [6.45, 7) is 4.10. The van der Waals surface area contributed by atoms with Crippen molar-refractivity contribution in [1.29, 1.82) is 0 Å². The molecule has 0 aliphatic carbocycles. The van der Waals surface area contributed by atoms with E-state index >= 15 is 0 Å². The van der Waals surface area contributed by atoms with Gasteiger partial charge in [0.15, 0.2) is 0 Å². The Labute approximate surface area is 136 Å². The third-order valence-electron chi connectivity index (χ3n) is 2.59. The lowest BCUT2D eigenvalue weighted by Crippen LogP contribution is -1.95. The van der Waals surface area contributed by atoms with Crippen LogP contribution in [0.5, 0.6) is 0 Å². The number of carbonyl (C=O) groups is 1. The Hall–Kier alpha value is -1.34. The van der Waals surface area contributed by atoms with E-state index in [0.717, 1.165) is 12.0 Å². The fourth-order valence-corrected chi connectivity index (χ4v) is 2.76. The molecule has 0 aliphatic heterocycles. The van der Waals surface area contributed by atoms with E-state index in [4.69, 9.17) is 28.0 Å². The van der Waals surface area contributed by atoms with Crippen LogP contribution in [0.2, 0.25) is 10.0 Å². The van der Waals surface area contributed by atoms with E-state index in [-0.39, 0.29) is 0 Å². The number of anilines is 1. The van der Waals surface area contributed by atoms with Gasteiger partial charge in [0.2, 0.25) is 0 Å². The zero-order valence-corrected chi connectivity index (χ0v) is 14.1. The molecule has 21 heavy (non-hydrogen) atoms. The zero-order chi connectivity index (χ0) is 15.7. The normalized spacial score (nSPS) is 10.0. The summed E-state index contributed by atoms with van der Waals surface area (Å²) in [6.07, 6.45) is 0.800. The van der Waals surface area contributed by atoms with Crippen LogP contribution in [0.25, 0.3) is 0 Å². The lowest BCUT2D eigenvalue weighted by molar-refractivity contribution is -0.0979. The topological polar surface area (TPSA) is 29.1 Å². The maximum Gasteiger partial charge on any atom is 0.106 e. The molecule has 0 atom stereocenters. The van der Waals surface area contributed by atoms with Crippen LogP contribution in [-0.2, 0) is 4.79 Å². The Morgan fingerprint density at radius 3 is 2.62 bits per heavy atom. The summed E-state index contributed by atoms with van der Waals surface area (Å²) in [7, 11) is 1.19. The highest BCUT2D eigenvalue weighted by molar-refractivity contribution is 7.39. The standard InChI is InChI=1S/C15H14Cl2NP.CH2O/c1-11-4-2-5-12(8-11)9-19-10-18-14-7-3-6-13(16)15(14)17;1-2/h2-9,18H,10H2,1H3;1H2. The van der Waals surface area contributed by atoms with Crippen molar-refractivity contribution in [2.45, 2.75) is 6.92 Å². The molecular weight excluding hydrogens is 324 g/mol. The monoisotopic (exact) mass is 339 g/mol. The van der Waals surface area contributed by atoms with E-state index in [1.54, 1.807) is 6.07 Å². The van der Waals surface area contributed by atoms with Gasteiger partial charge in [0.05, 0.1) is 22.0 Å². The Balaban J connectivity index is 0.00000106. The summed E-state index contributed by atoms with van der Waals surface area (Å²) in [6, 6.07) is 14.0. The average Bonchev–Trinajstić information content (AvgIpc) is 2.50. The first kappa shape index (κ1) is 17.7. The van der Waals surface area contributed by atoms with Crippen molar-refractivity contribution in [2.24, 2.45) is 0 Å². The van der Waals surface area contributed by atoms with Gasteiger partial charge >= 0.3 is 0 Å². The molecule has 1 N–H and O–H groups in total. The van der Waals surface area contributed by atoms with Crippen molar-refractivity contribution < 1.29 is 4.79 Å². The van der Waals surface area contributed by atoms with Crippen LogP contribution in [0.1, 0.15) is 11.1 Å². The third kappa shape index (κ3) is 5.89. The number of halogens is 2. The Morgan fingerprint density at radius 1 is 1.19 bits per heavy atom. The molecule has 2 nitrogen and oxygen atoms in total. The molecule has 2 aromatic rings. The minimum absolute atomic E-state index is 0.575. The summed E-state index contributed by atoms with van der Waals surface area (Å²) in [5.41, 5.74) is 3.38.